The number of nitrogens with zero attached hydrogens (tertiary/aromatic N) is 2. The Morgan fingerprint density at radius 1 is 1.32 bits per heavy atom. The molecule has 3 rings (SSSR count). The number of hydrogen-bond acceptors (Lipinski definition) is 6. The molecule has 0 saturated carbocycles. The van der Waals surface area contributed by atoms with Gasteiger partial charge in [-0.05, 0) is 5.56 Å². The number of sulfone groups is 1. The van der Waals surface area contributed by atoms with Gasteiger partial charge in [0, 0.05) is 5.25 Å². The van der Waals surface area contributed by atoms with E-state index in [1.165, 1.54) is 11.8 Å². The van der Waals surface area contributed by atoms with Crippen molar-refractivity contribution in [2.45, 2.75) is 11.3 Å². The Morgan fingerprint density at radius 3 is 2.84 bits per heavy atom. The normalized spacial score (nSPS) is 28.3. The molecule has 0 aliphatic carbocycles. The maximum absolute atomic E-state index is 11.4. The van der Waals surface area contributed by atoms with Gasteiger partial charge in [-0.25, -0.2) is 8.42 Å². The van der Waals surface area contributed by atoms with E-state index < -0.39 is 9.84 Å². The number of nitrogens with one attached hydrogen (secondary N) is 1. The van der Waals surface area contributed by atoms with E-state index in [4.69, 9.17) is 0 Å². The number of fused-ring (bicyclic) bond motifs is 1. The molecule has 0 aromatic heterocycles. The van der Waals surface area contributed by atoms with E-state index in [-0.39, 0.29) is 22.8 Å². The lowest BCUT2D eigenvalue weighted by molar-refractivity contribution is 0.601. The topological polar surface area (TPSA) is 70.9 Å². The molecule has 0 amide bonds. The minimum atomic E-state index is -2.89. The van der Waals surface area contributed by atoms with Crippen LogP contribution in [0.4, 0.5) is 0 Å². The predicted octanol–water partition coefficient (Wildman–Crippen LogP) is 0.879. The fraction of sp³-hybridized carbons (Fsp3) is 0.333. The summed E-state index contributed by atoms with van der Waals surface area (Å²) in [6, 6.07) is 9.64. The summed E-state index contributed by atoms with van der Waals surface area (Å²) in [5.74, 6) is 0.387. The van der Waals surface area contributed by atoms with Crippen LogP contribution in [-0.2, 0) is 9.84 Å². The molecule has 1 aromatic rings. The zero-order valence-corrected chi connectivity index (χ0v) is 11.7. The van der Waals surface area contributed by atoms with Crippen LogP contribution in [0.15, 0.2) is 40.4 Å². The monoisotopic (exact) mass is 295 g/mol. The molecule has 1 aromatic carbocycles. The number of benzene rings is 1. The van der Waals surface area contributed by atoms with Gasteiger partial charge in [-0.1, -0.05) is 42.1 Å². The molecule has 7 heteroatoms. The largest absolute Gasteiger partial charge is 0.256 e. The molecule has 5 nitrogen and oxygen atoms in total. The van der Waals surface area contributed by atoms with Crippen molar-refractivity contribution in [3.05, 3.63) is 35.9 Å². The molecule has 2 aliphatic rings. The molecule has 2 heterocycles. The summed E-state index contributed by atoms with van der Waals surface area (Å²) in [6.07, 6.45) is 1.72. The van der Waals surface area contributed by atoms with E-state index >= 15 is 0 Å². The van der Waals surface area contributed by atoms with Crippen molar-refractivity contribution >= 4 is 33.0 Å². The van der Waals surface area contributed by atoms with Crippen molar-refractivity contribution in [3.63, 3.8) is 0 Å². The van der Waals surface area contributed by atoms with Gasteiger partial charge in [-0.2, -0.15) is 5.10 Å². The first-order valence-corrected chi connectivity index (χ1v) is 8.61. The second-order valence-corrected chi connectivity index (χ2v) is 7.90. The van der Waals surface area contributed by atoms with E-state index in [0.717, 1.165) is 5.56 Å². The van der Waals surface area contributed by atoms with E-state index in [2.05, 4.69) is 15.5 Å². The highest BCUT2D eigenvalue weighted by molar-refractivity contribution is 8.15. The fourth-order valence-electron chi connectivity index (χ4n) is 2.11. The van der Waals surface area contributed by atoms with Crippen molar-refractivity contribution in [1.82, 2.24) is 5.43 Å². The molecule has 2 aliphatic heterocycles. The minimum Gasteiger partial charge on any atom is -0.256 e. The lowest BCUT2D eigenvalue weighted by Gasteiger charge is -2.01. The number of amidine groups is 1. The molecule has 1 N–H and O–H groups in total. The van der Waals surface area contributed by atoms with Gasteiger partial charge in [0.05, 0.1) is 23.8 Å². The molecule has 100 valence electrons. The molecular weight excluding hydrogens is 282 g/mol. The predicted molar refractivity (Wildman–Crippen MR) is 78.4 cm³/mol. The Labute approximate surface area is 116 Å². The standard InChI is InChI=1S/C12H13N3O2S2/c16-19(17)7-10-11(8-19)18-12(14-10)15-13-6-9-4-2-1-3-5-9/h1-6,10-11H,7-8H2,(H,14,15)/b13-6+/t10-,11+/m1/s1. The maximum Gasteiger partial charge on any atom is 0.177 e. The molecule has 1 saturated heterocycles. The molecular formula is C12H13N3O2S2. The number of rotatable bonds is 2. The number of thioether (sulfide) groups is 1. The fourth-order valence-corrected chi connectivity index (χ4v) is 5.72. The highest BCUT2D eigenvalue weighted by Gasteiger charge is 2.42. The van der Waals surface area contributed by atoms with Crippen molar-refractivity contribution in [2.75, 3.05) is 11.5 Å². The van der Waals surface area contributed by atoms with Crippen molar-refractivity contribution in [3.8, 4) is 0 Å². The Balaban J connectivity index is 1.60. The van der Waals surface area contributed by atoms with Crippen molar-refractivity contribution in [1.29, 1.82) is 0 Å². The van der Waals surface area contributed by atoms with E-state index in [9.17, 15) is 8.42 Å². The van der Waals surface area contributed by atoms with Crippen LogP contribution in [0, 0.1) is 0 Å². The SMILES string of the molecule is O=S1(=O)C[C@@H]2SC(N/N=C/c3ccccc3)=N[C@@H]2C1. The average Bonchev–Trinajstić information content (AvgIpc) is 2.83. The van der Waals surface area contributed by atoms with Crippen molar-refractivity contribution in [2.24, 2.45) is 10.1 Å². The van der Waals surface area contributed by atoms with Gasteiger partial charge in [-0.15, -0.1) is 0 Å². The van der Waals surface area contributed by atoms with Gasteiger partial charge in [0.15, 0.2) is 15.0 Å². The second-order valence-electron chi connectivity index (χ2n) is 4.52. The highest BCUT2D eigenvalue weighted by atomic mass is 32.2. The summed E-state index contributed by atoms with van der Waals surface area (Å²) in [4.78, 5) is 4.35. The van der Waals surface area contributed by atoms with Gasteiger partial charge in [0.25, 0.3) is 0 Å². The number of hydrogen-bond donors (Lipinski definition) is 1. The third kappa shape index (κ3) is 2.98. The lowest BCUT2D eigenvalue weighted by atomic mass is 10.2. The van der Waals surface area contributed by atoms with E-state index in [0.29, 0.717) is 5.17 Å². The summed E-state index contributed by atoms with van der Waals surface area (Å²) in [7, 11) is -2.89. The van der Waals surface area contributed by atoms with Gasteiger partial charge >= 0.3 is 0 Å². The van der Waals surface area contributed by atoms with Crippen LogP contribution in [-0.4, -0.2) is 42.6 Å². The molecule has 0 radical (unpaired) electrons. The second kappa shape index (κ2) is 4.97. The van der Waals surface area contributed by atoms with Gasteiger partial charge in [-0.3, -0.25) is 10.4 Å². The Morgan fingerprint density at radius 2 is 2.11 bits per heavy atom. The first-order valence-electron chi connectivity index (χ1n) is 5.91. The quantitative estimate of drug-likeness (QED) is 0.649. The molecule has 0 bridgehead atoms. The van der Waals surface area contributed by atoms with Gasteiger partial charge in [0.1, 0.15) is 0 Å². The van der Waals surface area contributed by atoms with Gasteiger partial charge in [0.2, 0.25) is 0 Å². The van der Waals surface area contributed by atoms with Crippen LogP contribution in [0.25, 0.3) is 0 Å². The van der Waals surface area contributed by atoms with Crippen LogP contribution < -0.4 is 5.43 Å². The third-order valence-electron chi connectivity index (χ3n) is 2.99. The summed E-state index contributed by atoms with van der Waals surface area (Å²) >= 11 is 1.46. The van der Waals surface area contributed by atoms with E-state index in [1.807, 2.05) is 30.3 Å². The smallest absolute Gasteiger partial charge is 0.177 e. The van der Waals surface area contributed by atoms with Crippen LogP contribution in [0.2, 0.25) is 0 Å². The zero-order valence-electron chi connectivity index (χ0n) is 10.1. The van der Waals surface area contributed by atoms with Crippen LogP contribution >= 0.6 is 11.8 Å². The summed E-state index contributed by atoms with van der Waals surface area (Å²) in [6.45, 7) is 0. The first-order chi connectivity index (χ1) is 9.12. The third-order valence-corrected chi connectivity index (χ3v) is 6.12. The summed E-state index contributed by atoms with van der Waals surface area (Å²) in [5, 5.41) is 4.87. The Bertz CT molecular complexity index is 626. The van der Waals surface area contributed by atoms with Crippen molar-refractivity contribution < 1.29 is 8.42 Å². The molecule has 2 atom stereocenters. The lowest BCUT2D eigenvalue weighted by Crippen LogP contribution is -2.15. The van der Waals surface area contributed by atoms with Crippen LogP contribution in [0.5, 0.6) is 0 Å². The Hall–Kier alpha value is -1.34. The first kappa shape index (κ1) is 12.7. The molecule has 1 fully saturated rings. The Kier molecular flexibility index (Phi) is 3.32. The van der Waals surface area contributed by atoms with E-state index in [1.54, 1.807) is 6.21 Å². The summed E-state index contributed by atoms with van der Waals surface area (Å²) in [5.41, 5.74) is 3.87. The highest BCUT2D eigenvalue weighted by Crippen LogP contribution is 2.33. The maximum atomic E-state index is 11.4. The van der Waals surface area contributed by atoms with Gasteiger partial charge < -0.3 is 0 Å². The van der Waals surface area contributed by atoms with Crippen LogP contribution in [0.1, 0.15) is 5.56 Å². The summed E-state index contributed by atoms with van der Waals surface area (Å²) < 4.78 is 22.8. The zero-order chi connectivity index (χ0) is 13.3. The minimum absolute atomic E-state index is 0.0550. The molecule has 19 heavy (non-hydrogen) atoms. The van der Waals surface area contributed by atoms with Crippen LogP contribution in [0.3, 0.4) is 0 Å². The average molecular weight is 295 g/mol. The molecule has 0 spiro atoms. The number of aliphatic imine (C=N–C) groups is 1. The number of hydrazone groups is 1. The molecule has 0 unspecified atom stereocenters.